The zero-order chi connectivity index (χ0) is 15.4. The molecule has 21 heavy (non-hydrogen) atoms. The highest BCUT2D eigenvalue weighted by molar-refractivity contribution is 6.31. The van der Waals surface area contributed by atoms with Crippen LogP contribution in [0.25, 0.3) is 0 Å². The number of aryl methyl sites for hydroxylation is 2. The van der Waals surface area contributed by atoms with Crippen molar-refractivity contribution in [2.75, 3.05) is 6.54 Å². The SMILES string of the molecule is CCNCc1ccc(Oc2c(C)cc(Cl)cc2C)cc1Cl. The van der Waals surface area contributed by atoms with Gasteiger partial charge in [-0.05, 0) is 61.3 Å². The molecule has 0 aliphatic carbocycles. The molecular weight excluding hydrogens is 305 g/mol. The zero-order valence-corrected chi connectivity index (χ0v) is 14.0. The van der Waals surface area contributed by atoms with E-state index in [1.54, 1.807) is 0 Å². The van der Waals surface area contributed by atoms with Crippen LogP contribution in [-0.4, -0.2) is 6.54 Å². The first-order valence-corrected chi connectivity index (χ1v) is 7.70. The smallest absolute Gasteiger partial charge is 0.133 e. The fourth-order valence-corrected chi connectivity index (χ4v) is 2.74. The van der Waals surface area contributed by atoms with Gasteiger partial charge in [-0.2, -0.15) is 0 Å². The molecule has 0 saturated carbocycles. The average Bonchev–Trinajstić information content (AvgIpc) is 2.42. The summed E-state index contributed by atoms with van der Waals surface area (Å²) in [6.07, 6.45) is 0. The van der Waals surface area contributed by atoms with Gasteiger partial charge in [0.1, 0.15) is 11.5 Å². The first-order chi connectivity index (χ1) is 10.0. The van der Waals surface area contributed by atoms with Gasteiger partial charge in [-0.3, -0.25) is 0 Å². The number of hydrogen-bond acceptors (Lipinski definition) is 2. The van der Waals surface area contributed by atoms with Crippen LogP contribution in [0.1, 0.15) is 23.6 Å². The zero-order valence-electron chi connectivity index (χ0n) is 12.5. The molecule has 0 heterocycles. The van der Waals surface area contributed by atoms with Gasteiger partial charge in [0.15, 0.2) is 0 Å². The molecule has 2 nitrogen and oxygen atoms in total. The third-order valence-corrected chi connectivity index (χ3v) is 3.81. The maximum Gasteiger partial charge on any atom is 0.133 e. The lowest BCUT2D eigenvalue weighted by Gasteiger charge is -2.13. The first kappa shape index (κ1) is 16.2. The van der Waals surface area contributed by atoms with E-state index in [1.807, 2.05) is 44.2 Å². The fourth-order valence-electron chi connectivity index (χ4n) is 2.17. The van der Waals surface area contributed by atoms with E-state index in [0.29, 0.717) is 5.02 Å². The molecule has 0 spiro atoms. The Bertz CT molecular complexity index is 618. The molecule has 0 radical (unpaired) electrons. The van der Waals surface area contributed by atoms with Crippen molar-refractivity contribution in [3.05, 3.63) is 57.1 Å². The molecule has 0 unspecified atom stereocenters. The summed E-state index contributed by atoms with van der Waals surface area (Å²) in [6.45, 7) is 7.70. The predicted molar refractivity (Wildman–Crippen MR) is 89.8 cm³/mol. The van der Waals surface area contributed by atoms with Crippen molar-refractivity contribution in [1.82, 2.24) is 5.32 Å². The van der Waals surface area contributed by atoms with Gasteiger partial charge in [0.2, 0.25) is 0 Å². The van der Waals surface area contributed by atoms with Crippen LogP contribution in [0.5, 0.6) is 11.5 Å². The summed E-state index contributed by atoms with van der Waals surface area (Å²) in [5, 5.41) is 4.68. The number of rotatable bonds is 5. The van der Waals surface area contributed by atoms with Crippen LogP contribution in [0.2, 0.25) is 10.0 Å². The summed E-state index contributed by atoms with van der Waals surface area (Å²) in [4.78, 5) is 0. The molecule has 0 bridgehead atoms. The van der Waals surface area contributed by atoms with Gasteiger partial charge in [0.05, 0.1) is 0 Å². The van der Waals surface area contributed by atoms with Gasteiger partial charge in [-0.1, -0.05) is 36.2 Å². The molecule has 2 aromatic rings. The van der Waals surface area contributed by atoms with Crippen LogP contribution < -0.4 is 10.1 Å². The Hall–Kier alpha value is -1.22. The second-order valence-corrected chi connectivity index (χ2v) is 5.85. The van der Waals surface area contributed by atoms with E-state index in [4.69, 9.17) is 27.9 Å². The second-order valence-electron chi connectivity index (χ2n) is 5.00. The third kappa shape index (κ3) is 4.13. The van der Waals surface area contributed by atoms with E-state index in [-0.39, 0.29) is 0 Å². The molecule has 0 atom stereocenters. The van der Waals surface area contributed by atoms with Crippen molar-refractivity contribution < 1.29 is 4.74 Å². The fraction of sp³-hybridized carbons (Fsp3) is 0.294. The van der Waals surface area contributed by atoms with E-state index in [1.165, 1.54) is 0 Å². The number of benzene rings is 2. The number of nitrogens with one attached hydrogen (secondary N) is 1. The number of ether oxygens (including phenoxy) is 1. The molecule has 0 aromatic heterocycles. The molecule has 1 N–H and O–H groups in total. The lowest BCUT2D eigenvalue weighted by Crippen LogP contribution is -2.11. The molecule has 0 saturated heterocycles. The Morgan fingerprint density at radius 3 is 2.29 bits per heavy atom. The Morgan fingerprint density at radius 2 is 1.71 bits per heavy atom. The van der Waals surface area contributed by atoms with Crippen LogP contribution in [0.3, 0.4) is 0 Å². The van der Waals surface area contributed by atoms with Gasteiger partial charge in [0.25, 0.3) is 0 Å². The Labute approximate surface area is 136 Å². The van der Waals surface area contributed by atoms with E-state index < -0.39 is 0 Å². The molecule has 112 valence electrons. The van der Waals surface area contributed by atoms with Crippen LogP contribution >= 0.6 is 23.2 Å². The van der Waals surface area contributed by atoms with Crippen molar-refractivity contribution >= 4 is 23.2 Å². The molecule has 4 heteroatoms. The van der Waals surface area contributed by atoms with Crippen molar-refractivity contribution in [3.63, 3.8) is 0 Å². The summed E-state index contributed by atoms with van der Waals surface area (Å²) in [5.41, 5.74) is 3.08. The van der Waals surface area contributed by atoms with Gasteiger partial charge >= 0.3 is 0 Å². The Balaban J connectivity index is 2.23. The van der Waals surface area contributed by atoms with E-state index >= 15 is 0 Å². The number of hydrogen-bond donors (Lipinski definition) is 1. The normalized spacial score (nSPS) is 10.7. The number of halogens is 2. The van der Waals surface area contributed by atoms with E-state index in [2.05, 4.69) is 12.2 Å². The minimum Gasteiger partial charge on any atom is -0.457 e. The molecule has 0 aliphatic heterocycles. The lowest BCUT2D eigenvalue weighted by atomic mass is 10.1. The standard InChI is InChI=1S/C17H19Cl2NO/c1-4-20-10-13-5-6-15(9-16(13)19)21-17-11(2)7-14(18)8-12(17)3/h5-9,20H,4,10H2,1-3H3. The third-order valence-electron chi connectivity index (χ3n) is 3.23. The summed E-state index contributed by atoms with van der Waals surface area (Å²) >= 11 is 12.3. The van der Waals surface area contributed by atoms with Crippen LogP contribution in [-0.2, 0) is 6.54 Å². The summed E-state index contributed by atoms with van der Waals surface area (Å²) < 4.78 is 5.97. The second kappa shape index (κ2) is 7.17. The minimum absolute atomic E-state index is 0.706. The average molecular weight is 324 g/mol. The molecule has 2 aromatic carbocycles. The van der Waals surface area contributed by atoms with Crippen molar-refractivity contribution in [1.29, 1.82) is 0 Å². The Kier molecular flexibility index (Phi) is 5.51. The molecule has 0 aliphatic rings. The molecular formula is C17H19Cl2NO. The molecule has 0 amide bonds. The van der Waals surface area contributed by atoms with E-state index in [9.17, 15) is 0 Å². The van der Waals surface area contributed by atoms with E-state index in [0.717, 1.165) is 46.3 Å². The van der Waals surface area contributed by atoms with Gasteiger partial charge in [-0.15, -0.1) is 0 Å². The summed E-state index contributed by atoms with van der Waals surface area (Å²) in [6, 6.07) is 9.56. The van der Waals surface area contributed by atoms with Gasteiger partial charge in [-0.25, -0.2) is 0 Å². The van der Waals surface area contributed by atoms with Crippen molar-refractivity contribution in [3.8, 4) is 11.5 Å². The summed E-state index contributed by atoms with van der Waals surface area (Å²) in [5.74, 6) is 1.56. The van der Waals surface area contributed by atoms with Crippen LogP contribution in [0, 0.1) is 13.8 Å². The van der Waals surface area contributed by atoms with Crippen LogP contribution in [0.4, 0.5) is 0 Å². The minimum atomic E-state index is 0.706. The first-order valence-electron chi connectivity index (χ1n) is 6.95. The highest BCUT2D eigenvalue weighted by Crippen LogP contribution is 2.33. The molecule has 2 rings (SSSR count). The maximum absolute atomic E-state index is 6.30. The molecule has 0 fully saturated rings. The van der Waals surface area contributed by atoms with Crippen molar-refractivity contribution in [2.24, 2.45) is 0 Å². The monoisotopic (exact) mass is 323 g/mol. The largest absolute Gasteiger partial charge is 0.457 e. The predicted octanol–water partition coefficient (Wildman–Crippen LogP) is 5.51. The maximum atomic E-state index is 6.30. The van der Waals surface area contributed by atoms with Gasteiger partial charge in [0, 0.05) is 16.6 Å². The highest BCUT2D eigenvalue weighted by Gasteiger charge is 2.09. The summed E-state index contributed by atoms with van der Waals surface area (Å²) in [7, 11) is 0. The van der Waals surface area contributed by atoms with Crippen LogP contribution in [0.15, 0.2) is 30.3 Å². The van der Waals surface area contributed by atoms with Gasteiger partial charge < -0.3 is 10.1 Å². The van der Waals surface area contributed by atoms with Crippen molar-refractivity contribution in [2.45, 2.75) is 27.3 Å². The highest BCUT2D eigenvalue weighted by atomic mass is 35.5. The Morgan fingerprint density at radius 1 is 1.05 bits per heavy atom. The quantitative estimate of drug-likeness (QED) is 0.783. The lowest BCUT2D eigenvalue weighted by molar-refractivity contribution is 0.475. The topological polar surface area (TPSA) is 21.3 Å².